The number of hydrogen-bond donors (Lipinski definition) is 1. The maximum atomic E-state index is 5.95. The Morgan fingerprint density at radius 2 is 1.71 bits per heavy atom. The van der Waals surface area contributed by atoms with Crippen molar-refractivity contribution in [2.45, 2.75) is 31.1 Å². The van der Waals surface area contributed by atoms with Crippen LogP contribution in [0.4, 0.5) is 0 Å². The van der Waals surface area contributed by atoms with Gasteiger partial charge in [-0.25, -0.2) is 0 Å². The lowest BCUT2D eigenvalue weighted by Crippen LogP contribution is -2.48. The van der Waals surface area contributed by atoms with Gasteiger partial charge in [0.25, 0.3) is 0 Å². The Labute approximate surface area is 85.3 Å². The van der Waals surface area contributed by atoms with Crippen LogP contribution in [0.5, 0.6) is 0 Å². The zero-order valence-corrected chi connectivity index (χ0v) is 8.50. The summed E-state index contributed by atoms with van der Waals surface area (Å²) in [6.45, 7) is 0.818. The summed E-state index contributed by atoms with van der Waals surface area (Å²) >= 11 is 0. The van der Waals surface area contributed by atoms with Gasteiger partial charge in [-0.05, 0) is 36.7 Å². The molecular formula is C13H17N. The van der Waals surface area contributed by atoms with Gasteiger partial charge in [0.1, 0.15) is 0 Å². The molecule has 74 valence electrons. The molecule has 1 nitrogen and oxygen atoms in total. The third-order valence-corrected chi connectivity index (χ3v) is 4.16. The van der Waals surface area contributed by atoms with Crippen LogP contribution in [0.1, 0.15) is 31.2 Å². The molecule has 2 saturated carbocycles. The summed E-state index contributed by atoms with van der Waals surface area (Å²) < 4.78 is 0. The first-order valence-electron chi connectivity index (χ1n) is 5.54. The average molecular weight is 187 g/mol. The maximum Gasteiger partial charge on any atom is 0.00861 e. The normalized spacial score (nSPS) is 25.8. The summed E-state index contributed by atoms with van der Waals surface area (Å²) in [6.07, 6.45) is 5.56. The van der Waals surface area contributed by atoms with Crippen molar-refractivity contribution < 1.29 is 0 Å². The van der Waals surface area contributed by atoms with Crippen LogP contribution in [0.15, 0.2) is 30.3 Å². The minimum atomic E-state index is 0.331. The van der Waals surface area contributed by atoms with Crippen molar-refractivity contribution in [2.75, 3.05) is 6.54 Å². The van der Waals surface area contributed by atoms with Gasteiger partial charge in [0.2, 0.25) is 0 Å². The minimum Gasteiger partial charge on any atom is -0.330 e. The highest BCUT2D eigenvalue weighted by molar-refractivity contribution is 5.33. The lowest BCUT2D eigenvalue weighted by Gasteiger charge is -2.48. The van der Waals surface area contributed by atoms with E-state index in [0.717, 1.165) is 12.0 Å². The molecule has 0 aliphatic heterocycles. The first-order valence-corrected chi connectivity index (χ1v) is 5.54. The largest absolute Gasteiger partial charge is 0.330 e. The maximum absolute atomic E-state index is 5.95. The monoisotopic (exact) mass is 187 g/mol. The number of benzene rings is 1. The Kier molecular flexibility index (Phi) is 1.58. The molecule has 2 fully saturated rings. The van der Waals surface area contributed by atoms with Crippen molar-refractivity contribution in [1.29, 1.82) is 0 Å². The van der Waals surface area contributed by atoms with Gasteiger partial charge in [-0.1, -0.05) is 30.3 Å². The van der Waals surface area contributed by atoms with Crippen LogP contribution < -0.4 is 5.73 Å². The molecule has 1 aromatic carbocycles. The van der Waals surface area contributed by atoms with Crippen molar-refractivity contribution in [2.24, 2.45) is 11.1 Å². The van der Waals surface area contributed by atoms with Gasteiger partial charge in [-0.15, -0.1) is 0 Å². The number of nitrogens with two attached hydrogens (primary N) is 1. The van der Waals surface area contributed by atoms with E-state index in [9.17, 15) is 0 Å². The van der Waals surface area contributed by atoms with Crippen LogP contribution in [-0.4, -0.2) is 6.54 Å². The lowest BCUT2D eigenvalue weighted by molar-refractivity contribution is 0.126. The molecule has 1 spiro atoms. The van der Waals surface area contributed by atoms with Gasteiger partial charge in [-0.2, -0.15) is 0 Å². The third kappa shape index (κ3) is 1.05. The molecule has 2 aliphatic carbocycles. The average Bonchev–Trinajstić information content (AvgIpc) is 2.96. The fraction of sp³-hybridized carbons (Fsp3) is 0.538. The summed E-state index contributed by atoms with van der Waals surface area (Å²) in [5.74, 6) is 0. The lowest BCUT2D eigenvalue weighted by atomic mass is 9.56. The van der Waals surface area contributed by atoms with Crippen LogP contribution in [0.3, 0.4) is 0 Å². The fourth-order valence-electron chi connectivity index (χ4n) is 3.17. The van der Waals surface area contributed by atoms with Crippen molar-refractivity contribution in [3.05, 3.63) is 35.9 Å². The smallest absolute Gasteiger partial charge is 0.00861 e. The quantitative estimate of drug-likeness (QED) is 0.756. The molecule has 2 N–H and O–H groups in total. The first-order chi connectivity index (χ1) is 6.79. The topological polar surface area (TPSA) is 26.0 Å². The molecule has 0 unspecified atom stereocenters. The van der Waals surface area contributed by atoms with Crippen LogP contribution in [0, 0.1) is 5.41 Å². The van der Waals surface area contributed by atoms with Gasteiger partial charge >= 0.3 is 0 Å². The molecule has 0 aromatic heterocycles. The fourth-order valence-corrected chi connectivity index (χ4v) is 3.17. The number of rotatable bonds is 2. The summed E-state index contributed by atoms with van der Waals surface area (Å²) in [4.78, 5) is 0. The van der Waals surface area contributed by atoms with E-state index >= 15 is 0 Å². The molecule has 2 aliphatic rings. The zero-order valence-electron chi connectivity index (χ0n) is 8.50. The third-order valence-electron chi connectivity index (χ3n) is 4.16. The van der Waals surface area contributed by atoms with E-state index in [1.165, 1.54) is 31.2 Å². The van der Waals surface area contributed by atoms with E-state index in [4.69, 9.17) is 5.73 Å². The molecule has 1 aromatic rings. The van der Waals surface area contributed by atoms with Gasteiger partial charge in [0.05, 0.1) is 0 Å². The molecule has 0 atom stereocenters. The Bertz CT molecular complexity index is 330. The summed E-state index contributed by atoms with van der Waals surface area (Å²) in [5.41, 5.74) is 8.47. The predicted molar refractivity (Wildman–Crippen MR) is 58.1 cm³/mol. The second-order valence-corrected chi connectivity index (χ2v) is 5.20. The summed E-state index contributed by atoms with van der Waals surface area (Å²) in [6, 6.07) is 10.8. The van der Waals surface area contributed by atoms with Crippen molar-refractivity contribution in [3.63, 3.8) is 0 Å². The second kappa shape index (κ2) is 2.60. The Balaban J connectivity index is 1.88. The zero-order chi connectivity index (χ0) is 9.65. The number of hydrogen-bond acceptors (Lipinski definition) is 1. The van der Waals surface area contributed by atoms with Crippen molar-refractivity contribution >= 4 is 0 Å². The molecular weight excluding hydrogens is 170 g/mol. The van der Waals surface area contributed by atoms with Crippen molar-refractivity contribution in [3.8, 4) is 0 Å². The molecule has 0 heterocycles. The van der Waals surface area contributed by atoms with E-state index in [1.807, 2.05) is 0 Å². The molecule has 0 saturated heterocycles. The molecule has 3 rings (SSSR count). The molecule has 0 bridgehead atoms. The highest BCUT2D eigenvalue weighted by atomic mass is 14.7. The van der Waals surface area contributed by atoms with Gasteiger partial charge in [0.15, 0.2) is 0 Å². The van der Waals surface area contributed by atoms with Crippen molar-refractivity contribution in [1.82, 2.24) is 0 Å². The Morgan fingerprint density at radius 3 is 2.21 bits per heavy atom. The highest BCUT2D eigenvalue weighted by Crippen LogP contribution is 2.68. The molecule has 0 amide bonds. The molecule has 0 radical (unpaired) electrons. The first kappa shape index (κ1) is 8.49. The second-order valence-electron chi connectivity index (χ2n) is 5.20. The van der Waals surface area contributed by atoms with E-state index in [1.54, 1.807) is 0 Å². The standard InChI is InChI=1S/C13H17N/c14-10-13(8-12(9-13)6-7-12)11-4-2-1-3-5-11/h1-5H,6-10,14H2. The van der Waals surface area contributed by atoms with E-state index in [2.05, 4.69) is 30.3 Å². The van der Waals surface area contributed by atoms with E-state index in [0.29, 0.717) is 5.41 Å². The van der Waals surface area contributed by atoms with Gasteiger partial charge in [-0.3, -0.25) is 0 Å². The van der Waals surface area contributed by atoms with Crippen LogP contribution in [0.25, 0.3) is 0 Å². The predicted octanol–water partition coefficient (Wildman–Crippen LogP) is 2.46. The highest BCUT2D eigenvalue weighted by Gasteiger charge is 2.60. The Hall–Kier alpha value is -0.820. The summed E-state index contributed by atoms with van der Waals surface area (Å²) in [7, 11) is 0. The van der Waals surface area contributed by atoms with Gasteiger partial charge in [0, 0.05) is 12.0 Å². The van der Waals surface area contributed by atoms with Gasteiger partial charge < -0.3 is 5.73 Å². The molecule has 1 heteroatoms. The van der Waals surface area contributed by atoms with E-state index in [-0.39, 0.29) is 0 Å². The molecule has 14 heavy (non-hydrogen) atoms. The van der Waals surface area contributed by atoms with E-state index < -0.39 is 0 Å². The van der Waals surface area contributed by atoms with Crippen LogP contribution in [0.2, 0.25) is 0 Å². The summed E-state index contributed by atoms with van der Waals surface area (Å²) in [5, 5.41) is 0. The SMILES string of the molecule is NCC1(c2ccccc2)CC2(CC2)C1. The van der Waals surface area contributed by atoms with Crippen LogP contribution >= 0.6 is 0 Å². The van der Waals surface area contributed by atoms with Crippen LogP contribution in [-0.2, 0) is 5.41 Å². The minimum absolute atomic E-state index is 0.331. The Morgan fingerprint density at radius 1 is 1.07 bits per heavy atom.